The summed E-state index contributed by atoms with van der Waals surface area (Å²) in [5.74, 6) is 1.96. The van der Waals surface area contributed by atoms with Gasteiger partial charge in [-0.25, -0.2) is 0 Å². The first-order chi connectivity index (χ1) is 9.30. The van der Waals surface area contributed by atoms with Crippen LogP contribution in [0.1, 0.15) is 79.6 Å². The van der Waals surface area contributed by atoms with Crippen molar-refractivity contribution in [3.8, 4) is 0 Å². The van der Waals surface area contributed by atoms with Gasteiger partial charge < -0.3 is 4.90 Å². The highest BCUT2D eigenvalue weighted by Crippen LogP contribution is 2.34. The van der Waals surface area contributed by atoms with Gasteiger partial charge in [-0.1, -0.05) is 53.9 Å². The van der Waals surface area contributed by atoms with E-state index < -0.39 is 0 Å². The van der Waals surface area contributed by atoms with Crippen molar-refractivity contribution in [1.82, 2.24) is 4.90 Å². The highest BCUT2D eigenvalue weighted by atomic mass is 16.2. The smallest absolute Gasteiger partial charge is 0.222 e. The molecule has 0 aliphatic carbocycles. The van der Waals surface area contributed by atoms with E-state index in [0.29, 0.717) is 11.3 Å². The molecule has 1 amide bonds. The minimum absolute atomic E-state index is 0.391. The van der Waals surface area contributed by atoms with E-state index in [1.165, 1.54) is 32.1 Å². The van der Waals surface area contributed by atoms with Crippen LogP contribution in [0.25, 0.3) is 0 Å². The van der Waals surface area contributed by atoms with Gasteiger partial charge in [0.25, 0.3) is 0 Å². The predicted molar refractivity (Wildman–Crippen MR) is 86.7 cm³/mol. The summed E-state index contributed by atoms with van der Waals surface area (Å²) >= 11 is 0. The highest BCUT2D eigenvalue weighted by Gasteiger charge is 2.29. The van der Waals surface area contributed by atoms with Gasteiger partial charge in [-0.3, -0.25) is 4.79 Å². The molecule has 1 aliphatic heterocycles. The number of nitrogens with zero attached hydrogens (tertiary/aromatic N) is 1. The molecule has 0 unspecified atom stereocenters. The molecule has 20 heavy (non-hydrogen) atoms. The van der Waals surface area contributed by atoms with Crippen LogP contribution in [-0.4, -0.2) is 23.9 Å². The van der Waals surface area contributed by atoms with Gasteiger partial charge in [0.1, 0.15) is 0 Å². The molecule has 0 aromatic carbocycles. The lowest BCUT2D eigenvalue weighted by atomic mass is 9.75. The van der Waals surface area contributed by atoms with E-state index in [1.54, 1.807) is 0 Å². The molecule has 1 saturated heterocycles. The van der Waals surface area contributed by atoms with E-state index >= 15 is 0 Å². The summed E-state index contributed by atoms with van der Waals surface area (Å²) in [6.07, 6.45) is 7.98. The molecule has 1 aliphatic rings. The van der Waals surface area contributed by atoms with Gasteiger partial charge in [0.2, 0.25) is 5.91 Å². The Morgan fingerprint density at radius 3 is 2.20 bits per heavy atom. The van der Waals surface area contributed by atoms with Crippen LogP contribution >= 0.6 is 0 Å². The molecule has 0 N–H and O–H groups in total. The van der Waals surface area contributed by atoms with Crippen LogP contribution in [-0.2, 0) is 4.79 Å². The molecule has 0 spiro atoms. The Bertz CT molecular complexity index is 282. The minimum Gasteiger partial charge on any atom is -0.343 e. The van der Waals surface area contributed by atoms with Crippen LogP contribution in [0.15, 0.2) is 0 Å². The van der Waals surface area contributed by atoms with Gasteiger partial charge in [0.15, 0.2) is 0 Å². The van der Waals surface area contributed by atoms with Crippen molar-refractivity contribution in [2.75, 3.05) is 13.1 Å². The Balaban J connectivity index is 2.16. The summed E-state index contributed by atoms with van der Waals surface area (Å²) in [6.45, 7) is 13.5. The third-order valence-corrected chi connectivity index (χ3v) is 4.74. The lowest BCUT2D eigenvalue weighted by Gasteiger charge is -2.38. The standard InChI is InChI=1S/C18H35NO/c1-15(2)9-7-6-8-10-17(20)19-13-11-16(12-14-19)18(3,4)5/h15-16H,6-14H2,1-5H3. The van der Waals surface area contributed by atoms with Gasteiger partial charge in [0, 0.05) is 19.5 Å². The Morgan fingerprint density at radius 2 is 1.70 bits per heavy atom. The molecule has 2 nitrogen and oxygen atoms in total. The Hall–Kier alpha value is -0.530. The zero-order valence-electron chi connectivity index (χ0n) is 14.4. The molecule has 1 rings (SSSR count). The third-order valence-electron chi connectivity index (χ3n) is 4.74. The number of rotatable bonds is 6. The lowest BCUT2D eigenvalue weighted by molar-refractivity contribution is -0.133. The summed E-state index contributed by atoms with van der Waals surface area (Å²) in [7, 11) is 0. The topological polar surface area (TPSA) is 20.3 Å². The van der Waals surface area contributed by atoms with E-state index in [2.05, 4.69) is 39.5 Å². The molecule has 2 heteroatoms. The predicted octanol–water partition coefficient (Wildman–Crippen LogP) is 4.88. The third kappa shape index (κ3) is 6.28. The van der Waals surface area contributed by atoms with E-state index in [4.69, 9.17) is 0 Å². The number of likely N-dealkylation sites (tertiary alicyclic amines) is 1. The molecule has 118 valence electrons. The molecule has 0 radical (unpaired) electrons. The number of carbonyl (C=O) groups excluding carboxylic acids is 1. The first-order valence-corrected chi connectivity index (χ1v) is 8.58. The number of hydrogen-bond donors (Lipinski definition) is 0. The van der Waals surface area contributed by atoms with Crippen LogP contribution in [0, 0.1) is 17.3 Å². The normalized spacial score (nSPS) is 17.8. The lowest BCUT2D eigenvalue weighted by Crippen LogP contribution is -2.41. The quantitative estimate of drug-likeness (QED) is 0.636. The Kier molecular flexibility index (Phi) is 7.05. The number of amides is 1. The fourth-order valence-corrected chi connectivity index (χ4v) is 3.16. The largest absolute Gasteiger partial charge is 0.343 e. The number of unbranched alkanes of at least 4 members (excludes halogenated alkanes) is 2. The summed E-state index contributed by atoms with van der Waals surface area (Å²) in [4.78, 5) is 14.3. The molecular weight excluding hydrogens is 246 g/mol. The molecule has 0 bridgehead atoms. The molecule has 0 aromatic rings. The second-order valence-corrected chi connectivity index (χ2v) is 8.01. The highest BCUT2D eigenvalue weighted by molar-refractivity contribution is 5.76. The maximum Gasteiger partial charge on any atom is 0.222 e. The van der Waals surface area contributed by atoms with Crippen LogP contribution in [0.3, 0.4) is 0 Å². The SMILES string of the molecule is CC(C)CCCCCC(=O)N1CCC(C(C)(C)C)CC1. The second-order valence-electron chi connectivity index (χ2n) is 8.01. The van der Waals surface area contributed by atoms with Gasteiger partial charge in [-0.15, -0.1) is 0 Å². The number of carbonyl (C=O) groups is 1. The zero-order chi connectivity index (χ0) is 15.2. The van der Waals surface area contributed by atoms with Crippen molar-refractivity contribution in [1.29, 1.82) is 0 Å². The molecule has 1 heterocycles. The van der Waals surface area contributed by atoms with Gasteiger partial charge in [-0.05, 0) is 36.5 Å². The van der Waals surface area contributed by atoms with Crippen LogP contribution < -0.4 is 0 Å². The Morgan fingerprint density at radius 1 is 1.10 bits per heavy atom. The first kappa shape index (κ1) is 17.5. The average Bonchev–Trinajstić information content (AvgIpc) is 2.37. The van der Waals surface area contributed by atoms with Crippen LogP contribution in [0.5, 0.6) is 0 Å². The first-order valence-electron chi connectivity index (χ1n) is 8.58. The van der Waals surface area contributed by atoms with E-state index in [-0.39, 0.29) is 0 Å². The molecule has 0 saturated carbocycles. The van der Waals surface area contributed by atoms with E-state index in [1.807, 2.05) is 0 Å². The fraction of sp³-hybridized carbons (Fsp3) is 0.944. The molecule has 0 atom stereocenters. The summed E-state index contributed by atoms with van der Waals surface area (Å²) < 4.78 is 0. The van der Waals surface area contributed by atoms with Gasteiger partial charge >= 0.3 is 0 Å². The van der Waals surface area contributed by atoms with E-state index in [9.17, 15) is 4.79 Å². The van der Waals surface area contributed by atoms with Crippen molar-refractivity contribution in [2.24, 2.45) is 17.3 Å². The Labute approximate surface area is 126 Å². The van der Waals surface area contributed by atoms with E-state index in [0.717, 1.165) is 37.8 Å². The summed E-state index contributed by atoms with van der Waals surface area (Å²) in [6, 6.07) is 0. The maximum atomic E-state index is 12.2. The second kappa shape index (κ2) is 8.05. The van der Waals surface area contributed by atoms with Crippen LogP contribution in [0.4, 0.5) is 0 Å². The van der Waals surface area contributed by atoms with Crippen molar-refractivity contribution < 1.29 is 4.79 Å². The zero-order valence-corrected chi connectivity index (χ0v) is 14.4. The molecular formula is C18H35NO. The maximum absolute atomic E-state index is 12.2. The summed E-state index contributed by atoms with van der Waals surface area (Å²) in [5, 5.41) is 0. The molecule has 0 aromatic heterocycles. The minimum atomic E-state index is 0.391. The van der Waals surface area contributed by atoms with Gasteiger partial charge in [0.05, 0.1) is 0 Å². The number of piperidine rings is 1. The van der Waals surface area contributed by atoms with Crippen molar-refractivity contribution in [2.45, 2.75) is 79.6 Å². The van der Waals surface area contributed by atoms with Crippen molar-refractivity contribution in [3.05, 3.63) is 0 Å². The number of hydrogen-bond acceptors (Lipinski definition) is 1. The van der Waals surface area contributed by atoms with Crippen molar-refractivity contribution >= 4 is 5.91 Å². The summed E-state index contributed by atoms with van der Waals surface area (Å²) in [5.41, 5.74) is 0.395. The average molecular weight is 281 g/mol. The van der Waals surface area contributed by atoms with Crippen LogP contribution in [0.2, 0.25) is 0 Å². The van der Waals surface area contributed by atoms with Gasteiger partial charge in [-0.2, -0.15) is 0 Å². The monoisotopic (exact) mass is 281 g/mol. The molecule has 1 fully saturated rings. The fourth-order valence-electron chi connectivity index (χ4n) is 3.16. The van der Waals surface area contributed by atoms with Crippen molar-refractivity contribution in [3.63, 3.8) is 0 Å².